The van der Waals surface area contributed by atoms with Crippen molar-refractivity contribution in [2.45, 2.75) is 33.1 Å². The first kappa shape index (κ1) is 20.6. The molecule has 0 bridgehead atoms. The first-order valence-corrected chi connectivity index (χ1v) is 8.06. The van der Waals surface area contributed by atoms with Gasteiger partial charge in [0.25, 0.3) is 0 Å². The van der Waals surface area contributed by atoms with Gasteiger partial charge in [-0.1, -0.05) is 6.92 Å². The largest absolute Gasteiger partial charge is 0.385 e. The van der Waals surface area contributed by atoms with Gasteiger partial charge in [0, 0.05) is 50.8 Å². The lowest BCUT2D eigenvalue weighted by Gasteiger charge is -2.10. The Bertz CT molecular complexity index is 398. The lowest BCUT2D eigenvalue weighted by Crippen LogP contribution is -2.38. The van der Waals surface area contributed by atoms with E-state index in [0.29, 0.717) is 0 Å². The molecule has 0 radical (unpaired) electrons. The van der Waals surface area contributed by atoms with Crippen LogP contribution < -0.4 is 10.6 Å². The number of thiazole rings is 1. The summed E-state index contributed by atoms with van der Waals surface area (Å²) in [4.78, 5) is 10.3. The van der Waals surface area contributed by atoms with Gasteiger partial charge in [0.05, 0.1) is 5.01 Å². The quantitative estimate of drug-likeness (QED) is 0.276. The molecule has 0 aromatic carbocycles. The van der Waals surface area contributed by atoms with E-state index in [1.807, 2.05) is 6.20 Å². The fraction of sp³-hybridized carbons (Fsp3) is 0.714. The number of hydrogen-bond acceptors (Lipinski definition) is 4. The summed E-state index contributed by atoms with van der Waals surface area (Å²) in [5, 5.41) is 7.77. The van der Waals surface area contributed by atoms with E-state index >= 15 is 0 Å². The number of aryl methyl sites for hydroxylation is 1. The molecule has 0 aliphatic carbocycles. The molecular weight excluding hydrogens is 399 g/mol. The number of halogens is 1. The highest BCUT2D eigenvalue weighted by molar-refractivity contribution is 14.0. The van der Waals surface area contributed by atoms with Crippen LogP contribution in [0, 0.1) is 0 Å². The highest BCUT2D eigenvalue weighted by Crippen LogP contribution is 2.13. The minimum absolute atomic E-state index is 0. The average Bonchev–Trinajstić information content (AvgIpc) is 2.91. The van der Waals surface area contributed by atoms with Gasteiger partial charge >= 0.3 is 0 Å². The number of nitrogens with one attached hydrogen (secondary N) is 2. The standard InChI is InChI=1S/C14H26N4OS.HI/c1-4-12-11-18-13(20-12)7-9-17-14(15-5-2)16-8-6-10-19-3;/h11H,4-10H2,1-3H3,(H2,15,16,17);1H. The fourth-order valence-corrected chi connectivity index (χ4v) is 2.52. The van der Waals surface area contributed by atoms with E-state index in [2.05, 4.69) is 34.5 Å². The van der Waals surface area contributed by atoms with Crippen LogP contribution in [0.1, 0.15) is 30.2 Å². The maximum atomic E-state index is 5.02. The minimum Gasteiger partial charge on any atom is -0.385 e. The van der Waals surface area contributed by atoms with Crippen LogP contribution in [0.5, 0.6) is 0 Å². The zero-order valence-electron chi connectivity index (χ0n) is 13.1. The van der Waals surface area contributed by atoms with E-state index in [1.54, 1.807) is 18.4 Å². The lowest BCUT2D eigenvalue weighted by molar-refractivity contribution is 0.197. The van der Waals surface area contributed by atoms with E-state index in [1.165, 1.54) is 9.88 Å². The number of hydrogen-bond donors (Lipinski definition) is 2. The van der Waals surface area contributed by atoms with Crippen molar-refractivity contribution in [1.82, 2.24) is 15.6 Å². The Morgan fingerprint density at radius 1 is 1.38 bits per heavy atom. The highest BCUT2D eigenvalue weighted by atomic mass is 127. The smallest absolute Gasteiger partial charge is 0.191 e. The molecule has 0 atom stereocenters. The fourth-order valence-electron chi connectivity index (χ4n) is 1.66. The summed E-state index contributed by atoms with van der Waals surface area (Å²) < 4.78 is 5.02. The number of rotatable bonds is 9. The molecule has 1 aromatic rings. The van der Waals surface area contributed by atoms with E-state index < -0.39 is 0 Å². The van der Waals surface area contributed by atoms with Gasteiger partial charge < -0.3 is 15.4 Å². The van der Waals surface area contributed by atoms with Gasteiger partial charge in [-0.05, 0) is 19.8 Å². The lowest BCUT2D eigenvalue weighted by atomic mass is 10.4. The molecule has 122 valence electrons. The summed E-state index contributed by atoms with van der Waals surface area (Å²) in [5.41, 5.74) is 0. The van der Waals surface area contributed by atoms with Crippen molar-refractivity contribution >= 4 is 41.3 Å². The molecule has 1 rings (SSSR count). The molecule has 0 saturated heterocycles. The van der Waals surface area contributed by atoms with Crippen molar-refractivity contribution in [1.29, 1.82) is 0 Å². The molecule has 0 amide bonds. The normalized spacial score (nSPS) is 11.1. The average molecular weight is 426 g/mol. The SMILES string of the molecule is CCNC(=NCCCOC)NCCc1ncc(CC)s1.I. The number of guanidine groups is 1. The molecule has 0 spiro atoms. The van der Waals surface area contributed by atoms with Crippen LogP contribution in [0.2, 0.25) is 0 Å². The molecule has 0 fully saturated rings. The third-order valence-corrected chi connectivity index (χ3v) is 3.90. The maximum Gasteiger partial charge on any atom is 0.191 e. The van der Waals surface area contributed by atoms with Crippen molar-refractivity contribution in [3.05, 3.63) is 16.1 Å². The molecular formula is C14H27IN4OS. The van der Waals surface area contributed by atoms with E-state index in [9.17, 15) is 0 Å². The van der Waals surface area contributed by atoms with Crippen LogP contribution in [0.25, 0.3) is 0 Å². The van der Waals surface area contributed by atoms with E-state index in [0.717, 1.165) is 51.5 Å². The second kappa shape index (κ2) is 13.3. The number of methoxy groups -OCH3 is 1. The molecule has 0 unspecified atom stereocenters. The first-order valence-electron chi connectivity index (χ1n) is 7.24. The van der Waals surface area contributed by atoms with Crippen molar-refractivity contribution in [2.75, 3.05) is 33.4 Å². The van der Waals surface area contributed by atoms with Crippen molar-refractivity contribution in [2.24, 2.45) is 4.99 Å². The molecule has 0 aliphatic heterocycles. The Balaban J connectivity index is 0.00000400. The molecule has 0 saturated carbocycles. The predicted molar refractivity (Wildman–Crippen MR) is 101 cm³/mol. The van der Waals surface area contributed by atoms with Gasteiger partial charge in [0.15, 0.2) is 5.96 Å². The number of aliphatic imine (C=N–C) groups is 1. The van der Waals surface area contributed by atoms with Crippen molar-refractivity contribution in [3.63, 3.8) is 0 Å². The topological polar surface area (TPSA) is 58.5 Å². The van der Waals surface area contributed by atoms with Crippen LogP contribution in [0.4, 0.5) is 0 Å². The van der Waals surface area contributed by atoms with E-state index in [4.69, 9.17) is 4.74 Å². The molecule has 0 aliphatic rings. The minimum atomic E-state index is 0. The van der Waals surface area contributed by atoms with Crippen LogP contribution in [0.3, 0.4) is 0 Å². The van der Waals surface area contributed by atoms with Crippen molar-refractivity contribution in [3.8, 4) is 0 Å². The van der Waals surface area contributed by atoms with Gasteiger partial charge in [-0.15, -0.1) is 35.3 Å². The van der Waals surface area contributed by atoms with Crippen LogP contribution in [-0.2, 0) is 17.6 Å². The van der Waals surface area contributed by atoms with Crippen LogP contribution in [-0.4, -0.2) is 44.3 Å². The summed E-state index contributed by atoms with van der Waals surface area (Å²) in [6.45, 7) is 7.48. The highest BCUT2D eigenvalue weighted by Gasteiger charge is 2.01. The Morgan fingerprint density at radius 3 is 2.81 bits per heavy atom. The molecule has 1 aromatic heterocycles. The second-order valence-electron chi connectivity index (χ2n) is 4.36. The Morgan fingerprint density at radius 2 is 2.19 bits per heavy atom. The number of aromatic nitrogens is 1. The number of ether oxygens (including phenoxy) is 1. The Labute approximate surface area is 149 Å². The summed E-state index contributed by atoms with van der Waals surface area (Å²) >= 11 is 1.79. The summed E-state index contributed by atoms with van der Waals surface area (Å²) in [6.07, 6.45) is 4.92. The Hall–Kier alpha value is -0.410. The van der Waals surface area contributed by atoms with Gasteiger partial charge in [-0.3, -0.25) is 4.99 Å². The maximum absolute atomic E-state index is 5.02. The van der Waals surface area contributed by atoms with Crippen LogP contribution >= 0.6 is 35.3 Å². The first-order chi connectivity index (χ1) is 9.80. The summed E-state index contributed by atoms with van der Waals surface area (Å²) in [6, 6.07) is 0. The van der Waals surface area contributed by atoms with Crippen molar-refractivity contribution < 1.29 is 4.74 Å². The third kappa shape index (κ3) is 9.26. The summed E-state index contributed by atoms with van der Waals surface area (Å²) in [5.74, 6) is 0.871. The summed E-state index contributed by atoms with van der Waals surface area (Å²) in [7, 11) is 1.71. The zero-order chi connectivity index (χ0) is 14.6. The number of nitrogens with zero attached hydrogens (tertiary/aromatic N) is 2. The molecule has 21 heavy (non-hydrogen) atoms. The predicted octanol–water partition coefficient (Wildman–Crippen LogP) is 2.46. The van der Waals surface area contributed by atoms with Crippen LogP contribution in [0.15, 0.2) is 11.2 Å². The van der Waals surface area contributed by atoms with Gasteiger partial charge in [-0.2, -0.15) is 0 Å². The monoisotopic (exact) mass is 426 g/mol. The Kier molecular flexibility index (Phi) is 13.0. The molecule has 1 heterocycles. The molecule has 2 N–H and O–H groups in total. The van der Waals surface area contributed by atoms with Gasteiger partial charge in [-0.25, -0.2) is 4.98 Å². The van der Waals surface area contributed by atoms with Gasteiger partial charge in [0.1, 0.15) is 0 Å². The zero-order valence-corrected chi connectivity index (χ0v) is 16.3. The molecule has 5 nitrogen and oxygen atoms in total. The third-order valence-electron chi connectivity index (χ3n) is 2.70. The van der Waals surface area contributed by atoms with Gasteiger partial charge in [0.2, 0.25) is 0 Å². The second-order valence-corrected chi connectivity index (χ2v) is 5.56. The molecule has 7 heteroatoms. The van der Waals surface area contributed by atoms with E-state index in [-0.39, 0.29) is 24.0 Å².